The minimum atomic E-state index is -4.76. The van der Waals surface area contributed by atoms with Crippen LogP contribution < -0.4 is 20.3 Å². The zero-order chi connectivity index (χ0) is 21.9. The molecule has 1 aromatic rings. The van der Waals surface area contributed by atoms with Gasteiger partial charge in [-0.05, 0) is 70.7 Å². The molecule has 1 amide bonds. The van der Waals surface area contributed by atoms with Crippen LogP contribution in [0.3, 0.4) is 0 Å². The van der Waals surface area contributed by atoms with Gasteiger partial charge >= 0.3 is 6.36 Å². The van der Waals surface area contributed by atoms with Crippen molar-refractivity contribution in [2.24, 2.45) is 5.92 Å². The first-order chi connectivity index (χ1) is 13.3. The maximum absolute atomic E-state index is 12.3. The maximum Gasteiger partial charge on any atom is 0.573 e. The number of carbonyl (C=O) groups excluding carboxylic acids is 1. The summed E-state index contributed by atoms with van der Waals surface area (Å²) in [5.74, 6) is -0.881. The summed E-state index contributed by atoms with van der Waals surface area (Å²) in [6, 6.07) is 4.76. The third kappa shape index (κ3) is 7.07. The van der Waals surface area contributed by atoms with E-state index in [1.54, 1.807) is 20.8 Å². The standard InChI is InChI=1S/C18H26F3N3O4S/c1-17(2,3)29(26,27)24-14-6-4-12(5-7-14)16(25)23-22-13-8-10-15(11-9-13)28-18(19,20)21/h8-12,14,22,24H,4-7H2,1-3H3,(H,23,25)/t12-,14-. The molecule has 0 saturated heterocycles. The summed E-state index contributed by atoms with van der Waals surface area (Å²) in [6.07, 6.45) is -2.59. The number of hydrazine groups is 1. The van der Waals surface area contributed by atoms with Gasteiger partial charge in [0.1, 0.15) is 5.75 Å². The van der Waals surface area contributed by atoms with Gasteiger partial charge in [-0.3, -0.25) is 15.6 Å². The van der Waals surface area contributed by atoms with Gasteiger partial charge in [0, 0.05) is 12.0 Å². The Morgan fingerprint density at radius 3 is 2.07 bits per heavy atom. The smallest absolute Gasteiger partial charge is 0.406 e. The van der Waals surface area contributed by atoms with Gasteiger partial charge in [-0.2, -0.15) is 0 Å². The molecule has 7 nitrogen and oxygen atoms in total. The normalized spacial score (nSPS) is 20.8. The lowest BCUT2D eigenvalue weighted by molar-refractivity contribution is -0.274. The number of anilines is 1. The lowest BCUT2D eigenvalue weighted by atomic mass is 9.86. The first-order valence-corrected chi connectivity index (χ1v) is 10.7. The molecule has 11 heteroatoms. The Balaban J connectivity index is 1.79. The highest BCUT2D eigenvalue weighted by Gasteiger charge is 2.34. The molecule has 0 radical (unpaired) electrons. The molecule has 1 fully saturated rings. The van der Waals surface area contributed by atoms with Crippen molar-refractivity contribution in [3.05, 3.63) is 24.3 Å². The Kier molecular flexibility index (Phi) is 7.05. The molecule has 0 atom stereocenters. The van der Waals surface area contributed by atoms with Gasteiger partial charge in [0.15, 0.2) is 0 Å². The molecular formula is C18H26F3N3O4S. The van der Waals surface area contributed by atoms with Gasteiger partial charge < -0.3 is 4.74 Å². The molecule has 1 saturated carbocycles. The fourth-order valence-electron chi connectivity index (χ4n) is 2.85. The maximum atomic E-state index is 12.3. The van der Waals surface area contributed by atoms with E-state index in [4.69, 9.17) is 0 Å². The van der Waals surface area contributed by atoms with Gasteiger partial charge in [-0.1, -0.05) is 0 Å². The fourth-order valence-corrected chi connectivity index (χ4v) is 3.87. The quantitative estimate of drug-likeness (QED) is 0.594. The fraction of sp³-hybridized carbons (Fsp3) is 0.611. The molecule has 1 aliphatic carbocycles. The van der Waals surface area contributed by atoms with Crippen LogP contribution in [0, 0.1) is 5.92 Å². The van der Waals surface area contributed by atoms with E-state index in [0.717, 1.165) is 12.1 Å². The largest absolute Gasteiger partial charge is 0.573 e. The molecule has 0 unspecified atom stereocenters. The summed E-state index contributed by atoms with van der Waals surface area (Å²) in [4.78, 5) is 12.3. The number of alkyl halides is 3. The molecule has 29 heavy (non-hydrogen) atoms. The average molecular weight is 437 g/mol. The second-order valence-electron chi connectivity index (χ2n) is 7.97. The highest BCUT2D eigenvalue weighted by molar-refractivity contribution is 7.90. The Morgan fingerprint density at radius 2 is 1.59 bits per heavy atom. The van der Waals surface area contributed by atoms with Crippen LogP contribution in [0.1, 0.15) is 46.5 Å². The van der Waals surface area contributed by atoms with E-state index in [1.165, 1.54) is 12.1 Å². The number of halogens is 3. The monoisotopic (exact) mass is 437 g/mol. The van der Waals surface area contributed by atoms with Crippen molar-refractivity contribution in [3.8, 4) is 5.75 Å². The second kappa shape index (κ2) is 8.78. The van der Waals surface area contributed by atoms with Crippen molar-refractivity contribution in [2.75, 3.05) is 5.43 Å². The number of carbonyl (C=O) groups is 1. The third-order valence-electron chi connectivity index (χ3n) is 4.64. The number of ether oxygens (including phenoxy) is 1. The van der Waals surface area contributed by atoms with E-state index in [9.17, 15) is 26.4 Å². The molecule has 3 N–H and O–H groups in total. The lowest BCUT2D eigenvalue weighted by Gasteiger charge is -2.30. The van der Waals surface area contributed by atoms with Gasteiger partial charge in [0.25, 0.3) is 0 Å². The van der Waals surface area contributed by atoms with Crippen LogP contribution in [0.2, 0.25) is 0 Å². The van der Waals surface area contributed by atoms with Gasteiger partial charge in [0.2, 0.25) is 15.9 Å². The van der Waals surface area contributed by atoms with Crippen LogP contribution in [0.25, 0.3) is 0 Å². The summed E-state index contributed by atoms with van der Waals surface area (Å²) in [5, 5.41) is 0. The Bertz CT molecular complexity index is 797. The minimum Gasteiger partial charge on any atom is -0.406 e. The number of amides is 1. The van der Waals surface area contributed by atoms with E-state index in [0.29, 0.717) is 31.4 Å². The SMILES string of the molecule is CC(C)(C)S(=O)(=O)N[C@H]1CC[C@H](C(=O)NNc2ccc(OC(F)(F)F)cc2)CC1. The second-order valence-corrected chi connectivity index (χ2v) is 10.4. The zero-order valence-electron chi connectivity index (χ0n) is 16.5. The third-order valence-corrected chi connectivity index (χ3v) is 6.90. The predicted molar refractivity (Wildman–Crippen MR) is 102 cm³/mol. The summed E-state index contributed by atoms with van der Waals surface area (Å²) < 4.78 is 66.5. The van der Waals surface area contributed by atoms with Crippen molar-refractivity contribution in [2.45, 2.75) is 63.6 Å². The first-order valence-electron chi connectivity index (χ1n) is 9.20. The topological polar surface area (TPSA) is 96.5 Å². The number of benzene rings is 1. The molecule has 0 bridgehead atoms. The highest BCUT2D eigenvalue weighted by Crippen LogP contribution is 2.27. The average Bonchev–Trinajstić information content (AvgIpc) is 2.59. The van der Waals surface area contributed by atoms with E-state index >= 15 is 0 Å². The molecular weight excluding hydrogens is 411 g/mol. The number of hydrogen-bond acceptors (Lipinski definition) is 5. The molecule has 0 spiro atoms. The van der Waals surface area contributed by atoms with E-state index in [2.05, 4.69) is 20.3 Å². The van der Waals surface area contributed by atoms with E-state index in [1.807, 2.05) is 0 Å². The van der Waals surface area contributed by atoms with Crippen molar-refractivity contribution in [3.63, 3.8) is 0 Å². The molecule has 1 aliphatic rings. The predicted octanol–water partition coefficient (Wildman–Crippen LogP) is 3.31. The van der Waals surface area contributed by atoms with Crippen molar-refractivity contribution >= 4 is 21.6 Å². The Labute approximate surface area is 168 Å². The summed E-state index contributed by atoms with van der Waals surface area (Å²) in [5.41, 5.74) is 5.59. The Hall–Kier alpha value is -2.01. The minimum absolute atomic E-state index is 0.197. The Morgan fingerprint density at radius 1 is 1.03 bits per heavy atom. The van der Waals surface area contributed by atoms with Crippen molar-refractivity contribution in [1.82, 2.24) is 10.1 Å². The van der Waals surface area contributed by atoms with Crippen molar-refractivity contribution in [1.29, 1.82) is 0 Å². The van der Waals surface area contributed by atoms with Gasteiger partial charge in [-0.25, -0.2) is 13.1 Å². The summed E-state index contributed by atoms with van der Waals surface area (Å²) in [7, 11) is -3.44. The summed E-state index contributed by atoms with van der Waals surface area (Å²) >= 11 is 0. The van der Waals surface area contributed by atoms with Crippen LogP contribution in [0.5, 0.6) is 5.75 Å². The molecule has 164 valence electrons. The molecule has 1 aromatic carbocycles. The lowest BCUT2D eigenvalue weighted by Crippen LogP contribution is -2.47. The van der Waals surface area contributed by atoms with Crippen LogP contribution in [-0.2, 0) is 14.8 Å². The van der Waals surface area contributed by atoms with E-state index in [-0.39, 0.29) is 23.6 Å². The zero-order valence-corrected chi connectivity index (χ0v) is 17.3. The number of rotatable bonds is 6. The van der Waals surface area contributed by atoms with Gasteiger partial charge in [0.05, 0.1) is 10.4 Å². The molecule has 2 rings (SSSR count). The van der Waals surface area contributed by atoms with Crippen molar-refractivity contribution < 1.29 is 31.1 Å². The molecule has 0 aliphatic heterocycles. The van der Waals surface area contributed by atoms with Crippen LogP contribution >= 0.6 is 0 Å². The number of nitrogens with one attached hydrogen (secondary N) is 3. The summed E-state index contributed by atoms with van der Waals surface area (Å²) in [6.45, 7) is 4.88. The molecule has 0 heterocycles. The van der Waals surface area contributed by atoms with Gasteiger partial charge in [-0.15, -0.1) is 13.2 Å². The van der Waals surface area contributed by atoms with Crippen LogP contribution in [0.4, 0.5) is 18.9 Å². The van der Waals surface area contributed by atoms with Crippen LogP contribution in [-0.4, -0.2) is 31.5 Å². The van der Waals surface area contributed by atoms with Crippen LogP contribution in [0.15, 0.2) is 24.3 Å². The molecule has 0 aromatic heterocycles. The highest BCUT2D eigenvalue weighted by atomic mass is 32.2. The van der Waals surface area contributed by atoms with E-state index < -0.39 is 21.1 Å². The number of sulfonamides is 1. The first kappa shape index (κ1) is 23.3. The number of hydrogen-bond donors (Lipinski definition) is 3.